The summed E-state index contributed by atoms with van der Waals surface area (Å²) in [7, 11) is 0. The second kappa shape index (κ2) is 5.15. The second-order valence-electron chi connectivity index (χ2n) is 6.46. The fraction of sp³-hybridized carbons (Fsp3) is 0.500. The summed E-state index contributed by atoms with van der Waals surface area (Å²) in [6, 6.07) is 9.16. The van der Waals surface area contributed by atoms with Gasteiger partial charge >= 0.3 is 5.97 Å². The van der Waals surface area contributed by atoms with E-state index in [0.29, 0.717) is 0 Å². The van der Waals surface area contributed by atoms with Crippen molar-refractivity contribution in [3.63, 3.8) is 0 Å². The number of carbonyl (C=O) groups excluding carboxylic acids is 1. The predicted octanol–water partition coefficient (Wildman–Crippen LogP) is 1.37. The summed E-state index contributed by atoms with van der Waals surface area (Å²) in [4.78, 5) is 23.6. The van der Waals surface area contributed by atoms with Crippen LogP contribution in [0.1, 0.15) is 26.3 Å². The van der Waals surface area contributed by atoms with Crippen molar-refractivity contribution in [2.75, 3.05) is 6.61 Å². The van der Waals surface area contributed by atoms with Crippen molar-refractivity contribution in [2.24, 2.45) is 17.3 Å². The molecule has 0 spiro atoms. The number of aliphatic carboxylic acids is 1. The summed E-state index contributed by atoms with van der Waals surface area (Å²) in [5.41, 5.74) is -0.686. The maximum atomic E-state index is 12.4. The van der Waals surface area contributed by atoms with Gasteiger partial charge in [0.15, 0.2) is 0 Å². The average Bonchev–Trinajstić information content (AvgIpc) is 3.03. The number of carbonyl (C=O) groups is 2. The van der Waals surface area contributed by atoms with Crippen LogP contribution in [0.2, 0.25) is 0 Å². The quantitative estimate of drug-likeness (QED) is 0.764. The zero-order valence-corrected chi connectivity index (χ0v) is 12.5. The van der Waals surface area contributed by atoms with Crippen molar-refractivity contribution in [3.8, 4) is 0 Å². The predicted molar refractivity (Wildman–Crippen MR) is 77.4 cm³/mol. The molecule has 5 nitrogen and oxygen atoms in total. The van der Waals surface area contributed by atoms with Crippen molar-refractivity contribution in [1.29, 1.82) is 0 Å². The molecule has 0 radical (unpaired) electrons. The standard InChI is InChI=1S/C16H21NO4/c1-15(2)11(12(15)14(20)21)13(19)17-16(3,9-18)10-7-5-4-6-8-10/h4-8,11-12,18H,9H2,1-3H3,(H,17,19)(H,20,21). The number of benzene rings is 1. The molecular formula is C16H21NO4. The van der Waals surface area contributed by atoms with Crippen LogP contribution in [0.3, 0.4) is 0 Å². The lowest BCUT2D eigenvalue weighted by Gasteiger charge is -2.29. The second-order valence-corrected chi connectivity index (χ2v) is 6.46. The van der Waals surface area contributed by atoms with E-state index in [1.807, 2.05) is 30.3 Å². The molecule has 3 N–H and O–H groups in total. The van der Waals surface area contributed by atoms with E-state index in [2.05, 4.69) is 5.32 Å². The van der Waals surface area contributed by atoms with E-state index in [4.69, 9.17) is 5.11 Å². The van der Waals surface area contributed by atoms with Crippen LogP contribution >= 0.6 is 0 Å². The minimum absolute atomic E-state index is 0.256. The first kappa shape index (κ1) is 15.5. The Bertz CT molecular complexity index is 555. The topological polar surface area (TPSA) is 86.6 Å². The Labute approximate surface area is 124 Å². The van der Waals surface area contributed by atoms with E-state index in [0.717, 1.165) is 5.56 Å². The summed E-state index contributed by atoms with van der Waals surface area (Å²) in [5.74, 6) is -2.51. The lowest BCUT2D eigenvalue weighted by molar-refractivity contribution is -0.140. The number of nitrogens with one attached hydrogen (secondary N) is 1. The summed E-state index contributed by atoms with van der Waals surface area (Å²) < 4.78 is 0. The first-order valence-electron chi connectivity index (χ1n) is 6.95. The van der Waals surface area contributed by atoms with Crippen LogP contribution in [0.25, 0.3) is 0 Å². The molecule has 0 aromatic heterocycles. The summed E-state index contributed by atoms with van der Waals surface area (Å²) >= 11 is 0. The fourth-order valence-corrected chi connectivity index (χ4v) is 2.95. The molecule has 1 fully saturated rings. The van der Waals surface area contributed by atoms with Crippen molar-refractivity contribution >= 4 is 11.9 Å². The van der Waals surface area contributed by atoms with Crippen LogP contribution in [0.4, 0.5) is 0 Å². The van der Waals surface area contributed by atoms with Gasteiger partial charge in [-0.15, -0.1) is 0 Å². The van der Waals surface area contributed by atoms with Crippen LogP contribution < -0.4 is 5.32 Å². The fourth-order valence-electron chi connectivity index (χ4n) is 2.95. The number of aliphatic hydroxyl groups is 1. The molecule has 0 bridgehead atoms. The molecule has 3 unspecified atom stereocenters. The third-order valence-corrected chi connectivity index (χ3v) is 4.50. The van der Waals surface area contributed by atoms with E-state index < -0.39 is 28.8 Å². The Morgan fingerprint density at radius 3 is 2.24 bits per heavy atom. The first-order valence-corrected chi connectivity index (χ1v) is 6.95. The highest BCUT2D eigenvalue weighted by molar-refractivity contribution is 5.92. The highest BCUT2D eigenvalue weighted by atomic mass is 16.4. The molecule has 1 saturated carbocycles. The number of hydrogen-bond acceptors (Lipinski definition) is 3. The van der Waals surface area contributed by atoms with Gasteiger partial charge in [-0.25, -0.2) is 0 Å². The Balaban J connectivity index is 2.17. The number of carboxylic acid groups (broad SMARTS) is 1. The summed E-state index contributed by atoms with van der Waals surface area (Å²) in [5, 5.41) is 21.6. The zero-order valence-electron chi connectivity index (χ0n) is 12.5. The van der Waals surface area contributed by atoms with Crippen LogP contribution in [0.5, 0.6) is 0 Å². The Morgan fingerprint density at radius 1 is 1.24 bits per heavy atom. The SMILES string of the molecule is CC(CO)(NC(=O)C1C(C(=O)O)C1(C)C)c1ccccc1. The van der Waals surface area contributed by atoms with Gasteiger partial charge in [-0.3, -0.25) is 9.59 Å². The molecule has 21 heavy (non-hydrogen) atoms. The normalized spacial score (nSPS) is 25.7. The van der Waals surface area contributed by atoms with Gasteiger partial charge in [0, 0.05) is 0 Å². The molecule has 0 heterocycles. The van der Waals surface area contributed by atoms with E-state index in [9.17, 15) is 14.7 Å². The number of aliphatic hydroxyl groups excluding tert-OH is 1. The minimum Gasteiger partial charge on any atom is -0.481 e. The van der Waals surface area contributed by atoms with Crippen molar-refractivity contribution in [1.82, 2.24) is 5.32 Å². The molecule has 2 rings (SSSR count). The van der Waals surface area contributed by atoms with Gasteiger partial charge in [-0.2, -0.15) is 0 Å². The largest absolute Gasteiger partial charge is 0.481 e. The molecule has 0 saturated heterocycles. The third kappa shape index (κ3) is 2.65. The number of hydrogen-bond donors (Lipinski definition) is 3. The maximum absolute atomic E-state index is 12.4. The van der Waals surface area contributed by atoms with Gasteiger partial charge in [0.25, 0.3) is 0 Å². The lowest BCUT2D eigenvalue weighted by Crippen LogP contribution is -2.47. The molecule has 5 heteroatoms. The molecule has 1 amide bonds. The van der Waals surface area contributed by atoms with Gasteiger partial charge < -0.3 is 15.5 Å². The molecule has 1 aliphatic carbocycles. The minimum atomic E-state index is -0.953. The maximum Gasteiger partial charge on any atom is 0.307 e. The summed E-state index contributed by atoms with van der Waals surface area (Å²) in [6.07, 6.45) is 0. The van der Waals surface area contributed by atoms with Crippen molar-refractivity contribution in [3.05, 3.63) is 35.9 Å². The molecule has 3 atom stereocenters. The highest BCUT2D eigenvalue weighted by Crippen LogP contribution is 2.58. The number of amides is 1. The molecule has 1 aliphatic rings. The Hall–Kier alpha value is -1.88. The van der Waals surface area contributed by atoms with Gasteiger partial charge in [0.1, 0.15) is 0 Å². The zero-order chi connectivity index (χ0) is 15.8. The first-order chi connectivity index (χ1) is 9.74. The van der Waals surface area contributed by atoms with Crippen LogP contribution in [-0.4, -0.2) is 28.7 Å². The van der Waals surface area contributed by atoms with Crippen LogP contribution in [0.15, 0.2) is 30.3 Å². The van der Waals surface area contributed by atoms with Crippen molar-refractivity contribution in [2.45, 2.75) is 26.3 Å². The summed E-state index contributed by atoms with van der Waals surface area (Å²) in [6.45, 7) is 5.02. The van der Waals surface area contributed by atoms with Gasteiger partial charge in [0.2, 0.25) is 5.91 Å². The number of rotatable bonds is 5. The van der Waals surface area contributed by atoms with Crippen LogP contribution in [-0.2, 0) is 15.1 Å². The molecule has 0 aliphatic heterocycles. The Kier molecular flexibility index (Phi) is 3.80. The number of carboxylic acids is 1. The third-order valence-electron chi connectivity index (χ3n) is 4.50. The molecule has 1 aromatic rings. The van der Waals surface area contributed by atoms with E-state index >= 15 is 0 Å². The molecule has 1 aromatic carbocycles. The van der Waals surface area contributed by atoms with Gasteiger partial charge in [-0.05, 0) is 17.9 Å². The van der Waals surface area contributed by atoms with Crippen LogP contribution in [0, 0.1) is 17.3 Å². The molecule has 114 valence electrons. The monoisotopic (exact) mass is 291 g/mol. The highest BCUT2D eigenvalue weighted by Gasteiger charge is 2.66. The Morgan fingerprint density at radius 2 is 1.81 bits per heavy atom. The van der Waals surface area contributed by atoms with Gasteiger partial charge in [-0.1, -0.05) is 44.2 Å². The lowest BCUT2D eigenvalue weighted by atomic mass is 9.92. The molecular weight excluding hydrogens is 270 g/mol. The van der Waals surface area contributed by atoms with E-state index in [1.54, 1.807) is 20.8 Å². The van der Waals surface area contributed by atoms with E-state index in [-0.39, 0.29) is 12.5 Å². The van der Waals surface area contributed by atoms with Gasteiger partial charge in [0.05, 0.1) is 24.0 Å². The smallest absolute Gasteiger partial charge is 0.307 e. The average molecular weight is 291 g/mol. The van der Waals surface area contributed by atoms with Crippen molar-refractivity contribution < 1.29 is 19.8 Å². The van der Waals surface area contributed by atoms with E-state index in [1.165, 1.54) is 0 Å².